The van der Waals surface area contributed by atoms with Crippen molar-refractivity contribution in [3.63, 3.8) is 0 Å². The van der Waals surface area contributed by atoms with E-state index in [0.717, 1.165) is 56.5 Å². The van der Waals surface area contributed by atoms with Crippen molar-refractivity contribution in [3.8, 4) is 11.5 Å². The highest BCUT2D eigenvalue weighted by Gasteiger charge is 2.18. The van der Waals surface area contributed by atoms with Crippen LogP contribution in [0, 0.1) is 0 Å². The van der Waals surface area contributed by atoms with Gasteiger partial charge in [-0.1, -0.05) is 17.7 Å². The molecule has 1 aromatic carbocycles. The maximum Gasteiger partial charge on any atom is 0.160 e. The van der Waals surface area contributed by atoms with Crippen LogP contribution < -0.4 is 14.4 Å². The molecule has 0 spiro atoms. The Bertz CT molecular complexity index is 688. The van der Waals surface area contributed by atoms with Crippen LogP contribution in [0.5, 0.6) is 11.5 Å². The Morgan fingerprint density at radius 1 is 0.960 bits per heavy atom. The molecule has 0 bridgehead atoms. The predicted molar refractivity (Wildman–Crippen MR) is 98.9 cm³/mol. The van der Waals surface area contributed by atoms with Gasteiger partial charge in [0.2, 0.25) is 0 Å². The summed E-state index contributed by atoms with van der Waals surface area (Å²) in [6.07, 6.45) is 0.987. The van der Waals surface area contributed by atoms with Gasteiger partial charge in [-0.05, 0) is 36.2 Å². The van der Waals surface area contributed by atoms with Crippen molar-refractivity contribution >= 4 is 17.4 Å². The summed E-state index contributed by atoms with van der Waals surface area (Å²) in [7, 11) is 3.32. The first-order chi connectivity index (χ1) is 12.2. The van der Waals surface area contributed by atoms with E-state index in [1.165, 1.54) is 5.56 Å². The molecule has 1 aliphatic rings. The minimum Gasteiger partial charge on any atom is -0.493 e. The maximum absolute atomic E-state index is 5.80. The van der Waals surface area contributed by atoms with Gasteiger partial charge < -0.3 is 14.4 Å². The molecule has 1 saturated heterocycles. The van der Waals surface area contributed by atoms with Gasteiger partial charge in [-0.2, -0.15) is 0 Å². The molecule has 0 radical (unpaired) electrons. The van der Waals surface area contributed by atoms with Crippen LogP contribution in [0.3, 0.4) is 0 Å². The summed E-state index contributed by atoms with van der Waals surface area (Å²) in [5.41, 5.74) is 1.25. The Kier molecular flexibility index (Phi) is 5.94. The number of methoxy groups -OCH3 is 2. The largest absolute Gasteiger partial charge is 0.493 e. The molecule has 6 nitrogen and oxygen atoms in total. The molecule has 1 aliphatic heterocycles. The van der Waals surface area contributed by atoms with E-state index in [1.807, 2.05) is 12.1 Å². The highest BCUT2D eigenvalue weighted by atomic mass is 35.5. The molecule has 0 unspecified atom stereocenters. The highest BCUT2D eigenvalue weighted by Crippen LogP contribution is 2.27. The van der Waals surface area contributed by atoms with Gasteiger partial charge in [-0.3, -0.25) is 4.90 Å². The van der Waals surface area contributed by atoms with Crippen molar-refractivity contribution in [2.75, 3.05) is 51.8 Å². The van der Waals surface area contributed by atoms with Crippen molar-refractivity contribution < 1.29 is 9.47 Å². The third kappa shape index (κ3) is 4.52. The SMILES string of the molecule is COc1ccc(CCN2CCN(c3ccc(Cl)nn3)CC2)cc1OC. The first-order valence-corrected chi connectivity index (χ1v) is 8.75. The van der Waals surface area contributed by atoms with E-state index in [1.54, 1.807) is 20.3 Å². The molecule has 3 rings (SSSR count). The monoisotopic (exact) mass is 362 g/mol. The van der Waals surface area contributed by atoms with E-state index < -0.39 is 0 Å². The van der Waals surface area contributed by atoms with Gasteiger partial charge in [0.25, 0.3) is 0 Å². The van der Waals surface area contributed by atoms with Gasteiger partial charge in [0.15, 0.2) is 22.5 Å². The molecule has 134 valence electrons. The first kappa shape index (κ1) is 17.8. The molecule has 1 fully saturated rings. The second kappa shape index (κ2) is 8.36. The lowest BCUT2D eigenvalue weighted by atomic mass is 10.1. The topological polar surface area (TPSA) is 50.7 Å². The fourth-order valence-electron chi connectivity index (χ4n) is 3.00. The lowest BCUT2D eigenvalue weighted by Gasteiger charge is -2.35. The zero-order valence-electron chi connectivity index (χ0n) is 14.6. The third-order valence-corrected chi connectivity index (χ3v) is 4.68. The van der Waals surface area contributed by atoms with Crippen LogP contribution in [0.4, 0.5) is 5.82 Å². The number of hydrogen-bond donors (Lipinski definition) is 0. The lowest BCUT2D eigenvalue weighted by molar-refractivity contribution is 0.260. The predicted octanol–water partition coefficient (Wildman–Crippen LogP) is 2.51. The molecule has 2 heterocycles. The van der Waals surface area contributed by atoms with Crippen LogP contribution >= 0.6 is 11.6 Å². The minimum atomic E-state index is 0.428. The number of halogens is 1. The minimum absolute atomic E-state index is 0.428. The molecular formula is C18H23ClN4O2. The zero-order valence-corrected chi connectivity index (χ0v) is 15.4. The molecule has 1 aromatic heterocycles. The van der Waals surface area contributed by atoms with E-state index in [0.29, 0.717) is 5.15 Å². The number of nitrogens with zero attached hydrogens (tertiary/aromatic N) is 4. The van der Waals surface area contributed by atoms with Gasteiger partial charge in [-0.15, -0.1) is 10.2 Å². The van der Waals surface area contributed by atoms with E-state index >= 15 is 0 Å². The van der Waals surface area contributed by atoms with E-state index in [9.17, 15) is 0 Å². The normalized spacial score (nSPS) is 15.2. The molecule has 0 amide bonds. The van der Waals surface area contributed by atoms with Gasteiger partial charge in [0.05, 0.1) is 14.2 Å². The summed E-state index contributed by atoms with van der Waals surface area (Å²) in [6.45, 7) is 4.94. The Hall–Kier alpha value is -2.05. The van der Waals surface area contributed by atoms with Gasteiger partial charge >= 0.3 is 0 Å². The summed E-state index contributed by atoms with van der Waals surface area (Å²) in [4.78, 5) is 4.72. The second-order valence-corrected chi connectivity index (χ2v) is 6.37. The van der Waals surface area contributed by atoms with Crippen LogP contribution in [-0.2, 0) is 6.42 Å². The molecule has 0 atom stereocenters. The highest BCUT2D eigenvalue weighted by molar-refractivity contribution is 6.29. The summed E-state index contributed by atoms with van der Waals surface area (Å²) >= 11 is 5.80. The van der Waals surface area contributed by atoms with Crippen LogP contribution in [-0.4, -0.2) is 62.0 Å². The van der Waals surface area contributed by atoms with Crippen molar-refractivity contribution in [3.05, 3.63) is 41.0 Å². The third-order valence-electron chi connectivity index (χ3n) is 4.48. The molecule has 0 N–H and O–H groups in total. The Morgan fingerprint density at radius 2 is 1.72 bits per heavy atom. The number of aromatic nitrogens is 2. The fraction of sp³-hybridized carbons (Fsp3) is 0.444. The average Bonchev–Trinajstić information content (AvgIpc) is 2.67. The van der Waals surface area contributed by atoms with Crippen molar-refractivity contribution in [1.82, 2.24) is 15.1 Å². The molecule has 7 heteroatoms. The second-order valence-electron chi connectivity index (χ2n) is 5.98. The number of ether oxygens (including phenoxy) is 2. The molecule has 0 saturated carbocycles. The summed E-state index contributed by atoms with van der Waals surface area (Å²) < 4.78 is 10.7. The molecule has 2 aromatic rings. The molecular weight excluding hydrogens is 340 g/mol. The average molecular weight is 363 g/mol. The van der Waals surface area contributed by atoms with Gasteiger partial charge in [0, 0.05) is 32.7 Å². The number of anilines is 1. The van der Waals surface area contributed by atoms with Crippen LogP contribution in [0.15, 0.2) is 30.3 Å². The van der Waals surface area contributed by atoms with E-state index in [4.69, 9.17) is 21.1 Å². The number of hydrogen-bond acceptors (Lipinski definition) is 6. The Morgan fingerprint density at radius 3 is 2.36 bits per heavy atom. The standard InChI is InChI=1S/C18H23ClN4O2/c1-24-15-4-3-14(13-16(15)25-2)7-8-22-9-11-23(12-10-22)18-6-5-17(19)20-21-18/h3-6,13H,7-12H2,1-2H3. The number of benzene rings is 1. The van der Waals surface area contributed by atoms with Crippen molar-refractivity contribution in [2.24, 2.45) is 0 Å². The molecule has 25 heavy (non-hydrogen) atoms. The first-order valence-electron chi connectivity index (χ1n) is 8.37. The number of piperazine rings is 1. The van der Waals surface area contributed by atoms with Crippen LogP contribution in [0.1, 0.15) is 5.56 Å². The van der Waals surface area contributed by atoms with Crippen molar-refractivity contribution in [2.45, 2.75) is 6.42 Å². The maximum atomic E-state index is 5.80. The van der Waals surface area contributed by atoms with Gasteiger partial charge in [-0.25, -0.2) is 0 Å². The smallest absolute Gasteiger partial charge is 0.160 e. The van der Waals surface area contributed by atoms with Crippen LogP contribution in [0.2, 0.25) is 5.15 Å². The summed E-state index contributed by atoms with van der Waals surface area (Å²) in [6, 6.07) is 9.83. The van der Waals surface area contributed by atoms with Gasteiger partial charge in [0.1, 0.15) is 0 Å². The Balaban J connectivity index is 1.50. The molecule has 0 aliphatic carbocycles. The lowest BCUT2D eigenvalue weighted by Crippen LogP contribution is -2.47. The van der Waals surface area contributed by atoms with Crippen LogP contribution in [0.25, 0.3) is 0 Å². The Labute approximate surface area is 153 Å². The quantitative estimate of drug-likeness (QED) is 0.787. The summed E-state index contributed by atoms with van der Waals surface area (Å²) in [5.74, 6) is 2.44. The summed E-state index contributed by atoms with van der Waals surface area (Å²) in [5, 5.41) is 8.50. The van der Waals surface area contributed by atoms with E-state index in [2.05, 4.69) is 32.1 Å². The van der Waals surface area contributed by atoms with E-state index in [-0.39, 0.29) is 0 Å². The zero-order chi connectivity index (χ0) is 17.6. The van der Waals surface area contributed by atoms with Crippen molar-refractivity contribution in [1.29, 1.82) is 0 Å². The fourth-order valence-corrected chi connectivity index (χ4v) is 3.10. The number of rotatable bonds is 6.